The summed E-state index contributed by atoms with van der Waals surface area (Å²) in [4.78, 5) is 21.0. The average molecular weight is 422 g/mol. The summed E-state index contributed by atoms with van der Waals surface area (Å²) < 4.78 is 0. The number of piperidine rings is 1. The minimum absolute atomic E-state index is 0.0346. The van der Waals surface area contributed by atoms with Crippen molar-refractivity contribution in [3.63, 3.8) is 0 Å². The Morgan fingerprint density at radius 2 is 2.17 bits per heavy atom. The van der Waals surface area contributed by atoms with E-state index in [-0.39, 0.29) is 23.3 Å². The Balaban J connectivity index is 1.50. The Labute approximate surface area is 182 Å². The summed E-state index contributed by atoms with van der Waals surface area (Å²) in [6.45, 7) is 7.29. The number of rotatable bonds is 5. The van der Waals surface area contributed by atoms with Gasteiger partial charge in [-0.2, -0.15) is 0 Å². The van der Waals surface area contributed by atoms with Crippen LogP contribution in [-0.2, 0) is 17.8 Å². The summed E-state index contributed by atoms with van der Waals surface area (Å²) in [5.74, 6) is 0.156. The van der Waals surface area contributed by atoms with Gasteiger partial charge in [0.25, 0.3) is 0 Å². The number of carbonyl (C=O) groups excluding carboxylic acids is 1. The Hall–Kier alpha value is -2.11. The maximum absolute atomic E-state index is 13.3. The molecule has 3 aromatic rings. The molecule has 158 valence electrons. The van der Waals surface area contributed by atoms with Crippen LogP contribution in [0.2, 0.25) is 0 Å². The van der Waals surface area contributed by atoms with Crippen molar-refractivity contribution in [1.29, 1.82) is 0 Å². The fourth-order valence-corrected chi connectivity index (χ4v) is 6.71. The summed E-state index contributed by atoms with van der Waals surface area (Å²) in [5.41, 5.74) is 4.02. The molecule has 30 heavy (non-hydrogen) atoms. The lowest BCUT2D eigenvalue weighted by molar-refractivity contribution is -0.134. The zero-order valence-electron chi connectivity index (χ0n) is 17.9. The normalized spacial score (nSPS) is 24.9. The first-order valence-electron chi connectivity index (χ1n) is 11.3. The Kier molecular flexibility index (Phi) is 5.19. The highest BCUT2D eigenvalue weighted by Gasteiger charge is 2.52. The number of benzene rings is 1. The molecule has 1 fully saturated rings. The number of thiophene rings is 1. The van der Waals surface area contributed by atoms with E-state index >= 15 is 0 Å². The second-order valence-electron chi connectivity index (χ2n) is 8.96. The van der Waals surface area contributed by atoms with Crippen LogP contribution in [0.4, 0.5) is 0 Å². The zero-order chi connectivity index (χ0) is 20.7. The summed E-state index contributed by atoms with van der Waals surface area (Å²) >= 11 is 1.70. The van der Waals surface area contributed by atoms with Crippen LogP contribution >= 0.6 is 11.3 Å². The lowest BCUT2D eigenvalue weighted by Crippen LogP contribution is -2.54. The summed E-state index contributed by atoms with van der Waals surface area (Å²) in [7, 11) is 0. The van der Waals surface area contributed by atoms with E-state index < -0.39 is 0 Å². The van der Waals surface area contributed by atoms with Gasteiger partial charge in [-0.3, -0.25) is 9.69 Å². The second-order valence-corrected chi connectivity index (χ2v) is 9.99. The van der Waals surface area contributed by atoms with Crippen molar-refractivity contribution in [2.24, 2.45) is 11.3 Å². The molecule has 1 aromatic carbocycles. The van der Waals surface area contributed by atoms with Crippen LogP contribution in [0.3, 0.4) is 0 Å². The van der Waals surface area contributed by atoms with Gasteiger partial charge in [0.05, 0.1) is 12.6 Å². The van der Waals surface area contributed by atoms with Gasteiger partial charge in [-0.1, -0.05) is 38.1 Å². The number of fused-ring (bicyclic) bond motifs is 5. The van der Waals surface area contributed by atoms with E-state index in [9.17, 15) is 4.79 Å². The predicted molar refractivity (Wildman–Crippen MR) is 124 cm³/mol. The van der Waals surface area contributed by atoms with Crippen LogP contribution < -0.4 is 5.32 Å². The zero-order valence-corrected chi connectivity index (χ0v) is 18.7. The molecule has 1 amide bonds. The van der Waals surface area contributed by atoms with Crippen molar-refractivity contribution >= 4 is 28.1 Å². The number of para-hydroxylation sites is 1. The molecule has 5 heteroatoms. The number of aromatic amines is 1. The van der Waals surface area contributed by atoms with Gasteiger partial charge in [-0.05, 0) is 55.3 Å². The summed E-state index contributed by atoms with van der Waals surface area (Å²) in [6, 6.07) is 13.1. The van der Waals surface area contributed by atoms with Crippen LogP contribution in [0, 0.1) is 11.3 Å². The van der Waals surface area contributed by atoms with Crippen LogP contribution in [0.1, 0.15) is 55.3 Å². The highest BCUT2D eigenvalue weighted by atomic mass is 32.1. The SMILES string of the molecule is CC[C@@]1(C(C)C(=O)NCc2cccs2)CCCN2CCc3c([nH]c4ccccc34)[C@@H]21. The van der Waals surface area contributed by atoms with E-state index in [1.165, 1.54) is 33.5 Å². The van der Waals surface area contributed by atoms with E-state index in [4.69, 9.17) is 0 Å². The molecule has 3 atom stereocenters. The van der Waals surface area contributed by atoms with E-state index in [1.54, 1.807) is 11.3 Å². The van der Waals surface area contributed by atoms with Crippen molar-refractivity contribution in [3.8, 4) is 0 Å². The van der Waals surface area contributed by atoms with E-state index in [0.29, 0.717) is 6.54 Å². The number of carbonyl (C=O) groups is 1. The molecule has 5 rings (SSSR count). The smallest absolute Gasteiger partial charge is 0.223 e. The van der Waals surface area contributed by atoms with Gasteiger partial charge in [0.15, 0.2) is 0 Å². The average Bonchev–Trinajstić information content (AvgIpc) is 3.43. The highest BCUT2D eigenvalue weighted by Crippen LogP contribution is 2.55. The summed E-state index contributed by atoms with van der Waals surface area (Å²) in [5, 5.41) is 6.66. The minimum atomic E-state index is -0.0478. The standard InChI is InChI=1S/C25H31N3OS/c1-3-25(17(2)24(29)26-16-18-8-6-15-30-18)12-7-13-28-14-11-20-19-9-4-5-10-21(19)27-22(20)23(25)28/h4-6,8-10,15,17,23,27H,3,7,11-14,16H2,1-2H3,(H,26,29)/t17?,23-,25+/m1/s1. The van der Waals surface area contributed by atoms with Crippen molar-refractivity contribution in [2.45, 2.75) is 52.1 Å². The van der Waals surface area contributed by atoms with Crippen molar-refractivity contribution in [2.75, 3.05) is 13.1 Å². The lowest BCUT2D eigenvalue weighted by Gasteiger charge is -2.54. The Bertz CT molecular complexity index is 1040. The fourth-order valence-electron chi connectivity index (χ4n) is 6.06. The molecule has 2 aliphatic heterocycles. The third-order valence-electron chi connectivity index (χ3n) is 7.70. The number of nitrogens with zero attached hydrogens (tertiary/aromatic N) is 1. The van der Waals surface area contributed by atoms with Crippen molar-refractivity contribution in [1.82, 2.24) is 15.2 Å². The number of aromatic nitrogens is 1. The molecular weight excluding hydrogens is 390 g/mol. The van der Waals surface area contributed by atoms with Gasteiger partial charge < -0.3 is 10.3 Å². The second kappa shape index (κ2) is 7.86. The molecule has 0 saturated carbocycles. The number of hydrogen-bond donors (Lipinski definition) is 2. The van der Waals surface area contributed by atoms with Gasteiger partial charge in [0.2, 0.25) is 5.91 Å². The minimum Gasteiger partial charge on any atom is -0.357 e. The van der Waals surface area contributed by atoms with Crippen molar-refractivity contribution in [3.05, 3.63) is 57.9 Å². The van der Waals surface area contributed by atoms with Crippen LogP contribution in [0.5, 0.6) is 0 Å². The third kappa shape index (κ3) is 3.10. The van der Waals surface area contributed by atoms with Gasteiger partial charge in [0, 0.05) is 39.4 Å². The number of amides is 1. The number of hydrogen-bond acceptors (Lipinski definition) is 3. The van der Waals surface area contributed by atoms with Crippen LogP contribution in [-0.4, -0.2) is 28.9 Å². The molecule has 2 N–H and O–H groups in total. The topological polar surface area (TPSA) is 48.1 Å². The van der Waals surface area contributed by atoms with Gasteiger partial charge >= 0.3 is 0 Å². The first-order valence-corrected chi connectivity index (χ1v) is 12.2. The number of H-pyrrole nitrogens is 1. The molecule has 1 unspecified atom stereocenters. The molecule has 0 spiro atoms. The molecule has 1 saturated heterocycles. The molecule has 2 aromatic heterocycles. The largest absolute Gasteiger partial charge is 0.357 e. The molecule has 0 bridgehead atoms. The van der Waals surface area contributed by atoms with Crippen molar-refractivity contribution < 1.29 is 4.79 Å². The first-order chi connectivity index (χ1) is 14.6. The molecule has 4 nitrogen and oxygen atoms in total. The van der Waals surface area contributed by atoms with Crippen LogP contribution in [0.25, 0.3) is 10.9 Å². The quantitative estimate of drug-likeness (QED) is 0.589. The maximum atomic E-state index is 13.3. The highest BCUT2D eigenvalue weighted by molar-refractivity contribution is 7.09. The predicted octanol–water partition coefficient (Wildman–Crippen LogP) is 5.27. The first kappa shape index (κ1) is 19.8. The fraction of sp³-hybridized carbons (Fsp3) is 0.480. The molecule has 0 radical (unpaired) electrons. The molecule has 0 aliphatic carbocycles. The van der Waals surface area contributed by atoms with E-state index in [1.807, 2.05) is 6.07 Å². The van der Waals surface area contributed by atoms with Gasteiger partial charge in [-0.25, -0.2) is 0 Å². The number of nitrogens with one attached hydrogen (secondary N) is 2. The van der Waals surface area contributed by atoms with E-state index in [2.05, 4.69) is 64.8 Å². The monoisotopic (exact) mass is 421 g/mol. The molecule has 4 heterocycles. The Morgan fingerprint density at radius 1 is 1.30 bits per heavy atom. The molecule has 2 aliphatic rings. The Morgan fingerprint density at radius 3 is 2.97 bits per heavy atom. The summed E-state index contributed by atoms with van der Waals surface area (Å²) in [6.07, 6.45) is 4.38. The maximum Gasteiger partial charge on any atom is 0.223 e. The lowest BCUT2D eigenvalue weighted by atomic mass is 9.61. The van der Waals surface area contributed by atoms with Crippen LogP contribution in [0.15, 0.2) is 41.8 Å². The third-order valence-corrected chi connectivity index (χ3v) is 8.57. The van der Waals surface area contributed by atoms with E-state index in [0.717, 1.165) is 32.4 Å². The molecular formula is C25H31N3OS. The van der Waals surface area contributed by atoms with Gasteiger partial charge in [0.1, 0.15) is 0 Å². The van der Waals surface area contributed by atoms with Gasteiger partial charge in [-0.15, -0.1) is 11.3 Å².